The quantitative estimate of drug-likeness (QED) is 0.378. The lowest BCUT2D eigenvalue weighted by Gasteiger charge is -2.18. The fourth-order valence-electron chi connectivity index (χ4n) is 2.84. The molecule has 1 aromatic heterocycles. The van der Waals surface area contributed by atoms with Gasteiger partial charge in [-0.05, 0) is 29.8 Å². The fraction of sp³-hybridized carbons (Fsp3) is 0.136. The number of nitrogens with zero attached hydrogens (tertiary/aromatic N) is 1. The van der Waals surface area contributed by atoms with E-state index in [0.717, 1.165) is 12.1 Å². The second-order valence-electron chi connectivity index (χ2n) is 6.51. The van der Waals surface area contributed by atoms with Crippen molar-refractivity contribution in [3.63, 3.8) is 0 Å². The van der Waals surface area contributed by atoms with Crippen molar-refractivity contribution in [2.24, 2.45) is 5.73 Å². The summed E-state index contributed by atoms with van der Waals surface area (Å²) in [7, 11) is 1.18. The van der Waals surface area contributed by atoms with E-state index in [-0.39, 0.29) is 23.9 Å². The van der Waals surface area contributed by atoms with Crippen LogP contribution in [0.5, 0.6) is 11.5 Å². The largest absolute Gasteiger partial charge is 0.453 e. The molecule has 3 rings (SSSR count). The van der Waals surface area contributed by atoms with E-state index in [0.29, 0.717) is 11.1 Å². The molecule has 1 unspecified atom stereocenters. The number of methoxy groups -OCH3 is 1. The molecule has 0 aliphatic carbocycles. The van der Waals surface area contributed by atoms with Crippen molar-refractivity contribution >= 4 is 11.7 Å². The van der Waals surface area contributed by atoms with Gasteiger partial charge >= 0.3 is 0 Å². The standard InChI is InChI=1S/C22H20F2N4O3/c1-30-20(22(29)28-11-13-4-6-14(7-5-13)21(25)26)18-16(23)8-9-17(19(18)24)31-15-3-2-10-27-12-15/h2-10,12,20H,11H2,1H3,(H3,25,26)(H,28,29). The van der Waals surface area contributed by atoms with Gasteiger partial charge in [-0.25, -0.2) is 8.78 Å². The molecule has 1 heterocycles. The first kappa shape index (κ1) is 21.8. The molecule has 0 aliphatic rings. The van der Waals surface area contributed by atoms with E-state index in [2.05, 4.69) is 10.3 Å². The van der Waals surface area contributed by atoms with Gasteiger partial charge in [0.25, 0.3) is 5.91 Å². The summed E-state index contributed by atoms with van der Waals surface area (Å²) in [5.74, 6) is -2.80. The Kier molecular flexibility index (Phi) is 6.88. The van der Waals surface area contributed by atoms with Crippen molar-refractivity contribution in [3.8, 4) is 11.5 Å². The maximum absolute atomic E-state index is 15.0. The smallest absolute Gasteiger partial charge is 0.254 e. The molecule has 1 atom stereocenters. The number of nitrogens with two attached hydrogens (primary N) is 1. The van der Waals surface area contributed by atoms with E-state index in [1.165, 1.54) is 19.5 Å². The third-order valence-corrected chi connectivity index (χ3v) is 4.42. The Morgan fingerprint density at radius 1 is 1.19 bits per heavy atom. The number of carbonyl (C=O) groups excluding carboxylic acids is 1. The van der Waals surface area contributed by atoms with Crippen LogP contribution < -0.4 is 15.8 Å². The van der Waals surface area contributed by atoms with Crippen LogP contribution >= 0.6 is 0 Å². The van der Waals surface area contributed by atoms with E-state index in [4.69, 9.17) is 20.6 Å². The highest BCUT2D eigenvalue weighted by molar-refractivity contribution is 5.94. The average Bonchev–Trinajstić information content (AvgIpc) is 2.78. The van der Waals surface area contributed by atoms with Crippen molar-refractivity contribution in [1.29, 1.82) is 5.41 Å². The van der Waals surface area contributed by atoms with Gasteiger partial charge < -0.3 is 20.5 Å². The summed E-state index contributed by atoms with van der Waals surface area (Å²) in [6, 6.07) is 11.9. The Hall–Kier alpha value is -3.85. The van der Waals surface area contributed by atoms with Gasteiger partial charge in [-0.1, -0.05) is 24.3 Å². The highest BCUT2D eigenvalue weighted by Gasteiger charge is 2.29. The minimum atomic E-state index is -1.53. The first-order valence-electron chi connectivity index (χ1n) is 9.20. The van der Waals surface area contributed by atoms with Crippen LogP contribution in [-0.2, 0) is 16.1 Å². The van der Waals surface area contributed by atoms with Gasteiger partial charge in [0.05, 0.1) is 11.8 Å². The zero-order valence-electron chi connectivity index (χ0n) is 16.6. The Labute approximate surface area is 177 Å². The minimum Gasteiger partial charge on any atom is -0.453 e. The second kappa shape index (κ2) is 9.77. The molecule has 0 saturated carbocycles. The fourth-order valence-corrected chi connectivity index (χ4v) is 2.84. The van der Waals surface area contributed by atoms with Crippen molar-refractivity contribution in [2.45, 2.75) is 12.6 Å². The number of aromatic nitrogens is 1. The van der Waals surface area contributed by atoms with E-state index in [1.807, 2.05) is 0 Å². The average molecular weight is 426 g/mol. The summed E-state index contributed by atoms with van der Waals surface area (Å²) in [6.45, 7) is 0.0893. The number of rotatable bonds is 8. The van der Waals surface area contributed by atoms with Gasteiger partial charge in [0.2, 0.25) is 0 Å². The highest BCUT2D eigenvalue weighted by Crippen LogP contribution is 2.32. The monoisotopic (exact) mass is 426 g/mol. The number of amidine groups is 1. The second-order valence-corrected chi connectivity index (χ2v) is 6.51. The third-order valence-electron chi connectivity index (χ3n) is 4.42. The number of halogens is 2. The maximum Gasteiger partial charge on any atom is 0.254 e. The molecule has 0 radical (unpaired) electrons. The van der Waals surface area contributed by atoms with Crippen LogP contribution in [0.4, 0.5) is 8.78 Å². The molecule has 4 N–H and O–H groups in total. The van der Waals surface area contributed by atoms with Gasteiger partial charge in [-0.15, -0.1) is 0 Å². The molecular weight excluding hydrogens is 406 g/mol. The maximum atomic E-state index is 15.0. The van der Waals surface area contributed by atoms with Gasteiger partial charge in [0.15, 0.2) is 17.7 Å². The summed E-state index contributed by atoms with van der Waals surface area (Å²) in [5.41, 5.74) is 6.10. The zero-order valence-corrected chi connectivity index (χ0v) is 16.6. The lowest BCUT2D eigenvalue weighted by atomic mass is 10.1. The molecule has 160 valence electrons. The zero-order chi connectivity index (χ0) is 22.4. The summed E-state index contributed by atoms with van der Waals surface area (Å²) >= 11 is 0. The summed E-state index contributed by atoms with van der Waals surface area (Å²) in [5, 5.41) is 9.98. The first-order valence-corrected chi connectivity index (χ1v) is 9.20. The van der Waals surface area contributed by atoms with Gasteiger partial charge in [0.1, 0.15) is 17.4 Å². The molecule has 7 nitrogen and oxygen atoms in total. The molecule has 31 heavy (non-hydrogen) atoms. The molecule has 0 bridgehead atoms. The molecule has 0 fully saturated rings. The van der Waals surface area contributed by atoms with Crippen LogP contribution in [0.1, 0.15) is 22.8 Å². The molecule has 0 aliphatic heterocycles. The van der Waals surface area contributed by atoms with Crippen molar-refractivity contribution in [2.75, 3.05) is 7.11 Å². The number of hydrogen-bond donors (Lipinski definition) is 3. The van der Waals surface area contributed by atoms with E-state index in [9.17, 15) is 9.18 Å². The van der Waals surface area contributed by atoms with E-state index < -0.39 is 29.2 Å². The lowest BCUT2D eigenvalue weighted by Crippen LogP contribution is -2.31. The number of carbonyl (C=O) groups is 1. The first-order chi connectivity index (χ1) is 14.9. The van der Waals surface area contributed by atoms with Crippen LogP contribution in [0.3, 0.4) is 0 Å². The van der Waals surface area contributed by atoms with Gasteiger partial charge in [-0.2, -0.15) is 0 Å². The van der Waals surface area contributed by atoms with Crippen LogP contribution in [-0.4, -0.2) is 23.8 Å². The highest BCUT2D eigenvalue weighted by atomic mass is 19.1. The predicted octanol–water partition coefficient (Wildman–Crippen LogP) is 3.44. The lowest BCUT2D eigenvalue weighted by molar-refractivity contribution is -0.131. The molecule has 2 aromatic carbocycles. The Balaban J connectivity index is 1.78. The van der Waals surface area contributed by atoms with Crippen LogP contribution in [0.2, 0.25) is 0 Å². The van der Waals surface area contributed by atoms with E-state index in [1.54, 1.807) is 36.4 Å². The normalized spacial score (nSPS) is 11.6. The number of pyridine rings is 1. The Bertz CT molecular complexity index is 1080. The van der Waals surface area contributed by atoms with Gasteiger partial charge in [0, 0.05) is 25.4 Å². The minimum absolute atomic E-state index is 0.0747. The molecule has 0 spiro atoms. The third kappa shape index (κ3) is 5.20. The van der Waals surface area contributed by atoms with Crippen molar-refractivity contribution < 1.29 is 23.0 Å². The predicted molar refractivity (Wildman–Crippen MR) is 110 cm³/mol. The van der Waals surface area contributed by atoms with Crippen molar-refractivity contribution in [1.82, 2.24) is 10.3 Å². The Morgan fingerprint density at radius 2 is 1.94 bits per heavy atom. The number of hydrogen-bond acceptors (Lipinski definition) is 5. The molecule has 9 heteroatoms. The summed E-state index contributed by atoms with van der Waals surface area (Å²) in [6.07, 6.45) is 1.37. The Morgan fingerprint density at radius 3 is 2.55 bits per heavy atom. The summed E-state index contributed by atoms with van der Waals surface area (Å²) in [4.78, 5) is 16.5. The van der Waals surface area contributed by atoms with Gasteiger partial charge in [-0.3, -0.25) is 15.2 Å². The van der Waals surface area contributed by atoms with E-state index >= 15 is 4.39 Å². The number of ether oxygens (including phenoxy) is 2. The number of nitrogen functional groups attached to an aromatic ring is 1. The number of benzene rings is 2. The molecule has 3 aromatic rings. The summed E-state index contributed by atoms with van der Waals surface area (Å²) < 4.78 is 40.0. The SMILES string of the molecule is COC(C(=O)NCc1ccc(C(=N)N)cc1)c1c(F)ccc(Oc2cccnc2)c1F. The van der Waals surface area contributed by atoms with Crippen LogP contribution in [0.15, 0.2) is 60.9 Å². The molecule has 0 saturated heterocycles. The topological polar surface area (TPSA) is 110 Å². The van der Waals surface area contributed by atoms with Crippen LogP contribution in [0, 0.1) is 17.0 Å². The number of amides is 1. The number of nitrogens with one attached hydrogen (secondary N) is 2. The molecule has 1 amide bonds. The van der Waals surface area contributed by atoms with Crippen molar-refractivity contribution in [3.05, 3.63) is 89.2 Å². The van der Waals surface area contributed by atoms with Crippen LogP contribution in [0.25, 0.3) is 0 Å². The molecular formula is C22H20F2N4O3.